The Kier molecular flexibility index (Phi) is 4.28. The van der Waals surface area contributed by atoms with E-state index in [1.807, 2.05) is 18.2 Å². The number of benzene rings is 2. The third-order valence-corrected chi connectivity index (χ3v) is 4.32. The summed E-state index contributed by atoms with van der Waals surface area (Å²) in [6.45, 7) is 0.549. The lowest BCUT2D eigenvalue weighted by Crippen LogP contribution is -2.35. The number of nitrogens with two attached hydrogens (primary N) is 1. The van der Waals surface area contributed by atoms with Crippen molar-refractivity contribution in [1.29, 1.82) is 0 Å². The lowest BCUT2D eigenvalue weighted by atomic mass is 9.80. The van der Waals surface area contributed by atoms with Gasteiger partial charge in [0.2, 0.25) is 0 Å². The van der Waals surface area contributed by atoms with E-state index < -0.39 is 17.7 Å². The maximum atomic E-state index is 13.5. The highest BCUT2D eigenvalue weighted by molar-refractivity contribution is 5.71. The van der Waals surface area contributed by atoms with Crippen LogP contribution in [0, 0.1) is 17.6 Å². The molecule has 3 rings (SSSR count). The van der Waals surface area contributed by atoms with Crippen molar-refractivity contribution >= 4 is 6.03 Å². The molecule has 0 heterocycles. The number of fused-ring (bicyclic) bond motifs is 1. The van der Waals surface area contributed by atoms with Crippen molar-refractivity contribution in [3.8, 4) is 11.1 Å². The van der Waals surface area contributed by atoms with Crippen LogP contribution >= 0.6 is 0 Å². The highest BCUT2D eigenvalue weighted by atomic mass is 19.1. The first-order chi connectivity index (χ1) is 11.0. The van der Waals surface area contributed by atoms with Gasteiger partial charge in [-0.3, -0.25) is 0 Å². The summed E-state index contributed by atoms with van der Waals surface area (Å²) < 4.78 is 27.0. The molecular formula is C18H18F2N2O. The van der Waals surface area contributed by atoms with Gasteiger partial charge in [-0.2, -0.15) is 0 Å². The Bertz CT molecular complexity index is 726. The summed E-state index contributed by atoms with van der Waals surface area (Å²) in [4.78, 5) is 10.8. The van der Waals surface area contributed by atoms with Crippen LogP contribution in [-0.4, -0.2) is 12.6 Å². The van der Waals surface area contributed by atoms with Crippen LogP contribution in [0.2, 0.25) is 0 Å². The van der Waals surface area contributed by atoms with Crippen LogP contribution < -0.4 is 11.1 Å². The quantitative estimate of drug-likeness (QED) is 0.896. The molecule has 2 amide bonds. The Morgan fingerprint density at radius 3 is 2.65 bits per heavy atom. The second-order valence-electron chi connectivity index (χ2n) is 5.96. The van der Waals surface area contributed by atoms with Crippen molar-refractivity contribution in [2.45, 2.75) is 19.3 Å². The summed E-state index contributed by atoms with van der Waals surface area (Å²) in [7, 11) is 0. The van der Waals surface area contributed by atoms with Gasteiger partial charge in [0.05, 0.1) is 0 Å². The molecule has 1 unspecified atom stereocenters. The van der Waals surface area contributed by atoms with Crippen molar-refractivity contribution in [2.75, 3.05) is 6.54 Å². The predicted octanol–water partition coefficient (Wildman–Crippen LogP) is 3.41. The molecule has 0 fully saturated rings. The second kappa shape index (κ2) is 6.36. The van der Waals surface area contributed by atoms with Gasteiger partial charge in [0.1, 0.15) is 11.6 Å². The third kappa shape index (κ3) is 3.50. The van der Waals surface area contributed by atoms with Crippen LogP contribution in [0.1, 0.15) is 17.5 Å². The van der Waals surface area contributed by atoms with Gasteiger partial charge in [-0.25, -0.2) is 13.6 Å². The minimum atomic E-state index is -0.572. The summed E-state index contributed by atoms with van der Waals surface area (Å²) in [6.07, 6.45) is 2.54. The number of hydrogen-bond donors (Lipinski definition) is 2. The molecule has 0 aromatic heterocycles. The van der Waals surface area contributed by atoms with E-state index in [1.165, 1.54) is 12.1 Å². The van der Waals surface area contributed by atoms with Crippen LogP contribution in [0.5, 0.6) is 0 Å². The van der Waals surface area contributed by atoms with Gasteiger partial charge in [0.15, 0.2) is 0 Å². The zero-order valence-electron chi connectivity index (χ0n) is 12.6. The predicted molar refractivity (Wildman–Crippen MR) is 84.9 cm³/mol. The van der Waals surface area contributed by atoms with E-state index in [4.69, 9.17) is 5.73 Å². The van der Waals surface area contributed by atoms with Crippen LogP contribution in [0.3, 0.4) is 0 Å². The number of carbonyl (C=O) groups is 1. The minimum Gasteiger partial charge on any atom is -0.352 e. The molecule has 0 aliphatic heterocycles. The molecule has 23 heavy (non-hydrogen) atoms. The van der Waals surface area contributed by atoms with Crippen LogP contribution in [0.25, 0.3) is 11.1 Å². The van der Waals surface area contributed by atoms with Crippen LogP contribution in [0.4, 0.5) is 13.6 Å². The van der Waals surface area contributed by atoms with E-state index >= 15 is 0 Å². The number of amides is 2. The molecule has 1 atom stereocenters. The molecule has 120 valence electrons. The molecule has 2 aromatic carbocycles. The molecule has 2 aromatic rings. The molecule has 3 nitrogen and oxygen atoms in total. The molecule has 5 heteroatoms. The topological polar surface area (TPSA) is 55.1 Å². The summed E-state index contributed by atoms with van der Waals surface area (Å²) >= 11 is 0. The standard InChI is InChI=1S/C18H18F2N2O/c19-14-7-13(8-15(20)9-14)16-3-1-2-12-6-11(4-5-17(12)16)10-22-18(21)23/h1-3,7-9,11H,4-6,10H2,(H3,21,22,23). The average molecular weight is 316 g/mol. The van der Waals surface area contributed by atoms with Crippen molar-refractivity contribution in [1.82, 2.24) is 5.32 Å². The van der Waals surface area contributed by atoms with E-state index in [9.17, 15) is 13.6 Å². The van der Waals surface area contributed by atoms with E-state index in [0.29, 0.717) is 18.0 Å². The summed E-state index contributed by atoms with van der Waals surface area (Å²) in [5.41, 5.74) is 8.85. The molecule has 3 N–H and O–H groups in total. The molecule has 0 saturated carbocycles. The van der Waals surface area contributed by atoms with Crippen molar-refractivity contribution in [3.63, 3.8) is 0 Å². The summed E-state index contributed by atoms with van der Waals surface area (Å²) in [5.74, 6) is -0.816. The summed E-state index contributed by atoms with van der Waals surface area (Å²) in [5, 5.41) is 2.65. The van der Waals surface area contributed by atoms with Crippen molar-refractivity contribution in [3.05, 3.63) is 59.2 Å². The SMILES string of the molecule is NC(=O)NCC1CCc2c(cccc2-c2cc(F)cc(F)c2)C1. The Balaban J connectivity index is 1.89. The molecular weight excluding hydrogens is 298 g/mol. The van der Waals surface area contributed by atoms with Gasteiger partial charge in [0, 0.05) is 12.6 Å². The normalized spacial score (nSPS) is 16.7. The Morgan fingerprint density at radius 2 is 1.96 bits per heavy atom. The average Bonchev–Trinajstić information content (AvgIpc) is 2.51. The second-order valence-corrected chi connectivity index (χ2v) is 5.96. The molecule has 1 aliphatic carbocycles. The smallest absolute Gasteiger partial charge is 0.312 e. The van der Waals surface area contributed by atoms with Gasteiger partial charge in [0.25, 0.3) is 0 Å². The van der Waals surface area contributed by atoms with E-state index in [1.54, 1.807) is 0 Å². The van der Waals surface area contributed by atoms with Crippen LogP contribution in [-0.2, 0) is 12.8 Å². The Hall–Kier alpha value is -2.43. The van der Waals surface area contributed by atoms with Gasteiger partial charge >= 0.3 is 6.03 Å². The van der Waals surface area contributed by atoms with E-state index in [2.05, 4.69) is 5.32 Å². The first-order valence-corrected chi connectivity index (χ1v) is 7.63. The Morgan fingerprint density at radius 1 is 1.22 bits per heavy atom. The molecule has 0 radical (unpaired) electrons. The zero-order valence-corrected chi connectivity index (χ0v) is 12.6. The number of urea groups is 1. The van der Waals surface area contributed by atoms with Gasteiger partial charge in [-0.1, -0.05) is 18.2 Å². The maximum absolute atomic E-state index is 13.5. The molecule has 0 saturated heterocycles. The van der Waals surface area contributed by atoms with Gasteiger partial charge in [-0.15, -0.1) is 0 Å². The monoisotopic (exact) mass is 316 g/mol. The number of nitrogens with one attached hydrogen (secondary N) is 1. The minimum absolute atomic E-state index is 0.328. The van der Waals surface area contributed by atoms with Crippen molar-refractivity contribution in [2.24, 2.45) is 11.7 Å². The fourth-order valence-corrected chi connectivity index (χ4v) is 3.28. The van der Waals surface area contributed by atoms with Gasteiger partial charge < -0.3 is 11.1 Å². The summed E-state index contributed by atoms with van der Waals surface area (Å²) in [6, 6.07) is 8.92. The fourth-order valence-electron chi connectivity index (χ4n) is 3.28. The number of rotatable bonds is 3. The largest absolute Gasteiger partial charge is 0.352 e. The lowest BCUT2D eigenvalue weighted by Gasteiger charge is -2.26. The first-order valence-electron chi connectivity index (χ1n) is 7.63. The van der Waals surface area contributed by atoms with Crippen molar-refractivity contribution < 1.29 is 13.6 Å². The number of halogens is 2. The number of hydrogen-bond acceptors (Lipinski definition) is 1. The maximum Gasteiger partial charge on any atom is 0.312 e. The highest BCUT2D eigenvalue weighted by Crippen LogP contribution is 2.34. The molecule has 0 spiro atoms. The van der Waals surface area contributed by atoms with E-state index in [0.717, 1.165) is 42.0 Å². The molecule has 0 bridgehead atoms. The number of primary amides is 1. The third-order valence-electron chi connectivity index (χ3n) is 4.32. The van der Waals surface area contributed by atoms with Gasteiger partial charge in [-0.05, 0) is 59.6 Å². The highest BCUT2D eigenvalue weighted by Gasteiger charge is 2.21. The lowest BCUT2D eigenvalue weighted by molar-refractivity contribution is 0.246. The fraction of sp³-hybridized carbons (Fsp3) is 0.278. The zero-order chi connectivity index (χ0) is 16.4. The number of carbonyl (C=O) groups excluding carboxylic acids is 1. The first kappa shape index (κ1) is 15.5. The Labute approximate surface area is 133 Å². The van der Waals surface area contributed by atoms with E-state index in [-0.39, 0.29) is 0 Å². The molecule has 1 aliphatic rings. The van der Waals surface area contributed by atoms with Crippen LogP contribution in [0.15, 0.2) is 36.4 Å².